The number of rotatable bonds is 2. The third-order valence-electron chi connectivity index (χ3n) is 1.40. The first kappa shape index (κ1) is 9.31. The Bertz CT molecular complexity index is 325. The van der Waals surface area contributed by atoms with Crippen molar-refractivity contribution in [2.45, 2.75) is 6.92 Å². The first-order valence-corrected chi connectivity index (χ1v) is 3.76. The molecule has 0 aliphatic heterocycles. The van der Waals surface area contributed by atoms with Gasteiger partial charge in [-0.1, -0.05) is 0 Å². The maximum Gasteiger partial charge on any atom is 0.342 e. The van der Waals surface area contributed by atoms with E-state index in [4.69, 9.17) is 15.6 Å². The maximum absolute atomic E-state index is 11.2. The Balaban J connectivity index is 2.99. The van der Waals surface area contributed by atoms with Crippen LogP contribution in [0.4, 0.5) is 5.82 Å². The molecule has 0 atom stereocenters. The van der Waals surface area contributed by atoms with Gasteiger partial charge in [0.1, 0.15) is 17.1 Å². The zero-order valence-corrected chi connectivity index (χ0v) is 7.15. The van der Waals surface area contributed by atoms with E-state index in [2.05, 4.69) is 4.98 Å². The molecule has 0 aliphatic rings. The predicted molar refractivity (Wildman–Crippen MR) is 46.3 cm³/mol. The lowest BCUT2D eigenvalue weighted by molar-refractivity contribution is 0.0527. The summed E-state index contributed by atoms with van der Waals surface area (Å²) in [6.45, 7) is 1.94. The van der Waals surface area contributed by atoms with Gasteiger partial charge in [-0.15, -0.1) is 0 Å². The third-order valence-corrected chi connectivity index (χ3v) is 1.40. The molecule has 1 aromatic heterocycles. The second-order valence-corrected chi connectivity index (χ2v) is 2.35. The van der Waals surface area contributed by atoms with Crippen molar-refractivity contribution in [1.29, 1.82) is 0 Å². The zero-order valence-electron chi connectivity index (χ0n) is 7.15. The number of carbonyl (C=O) groups is 1. The molecule has 0 aliphatic carbocycles. The van der Waals surface area contributed by atoms with E-state index in [0.29, 0.717) is 0 Å². The van der Waals surface area contributed by atoms with Crippen LogP contribution in [-0.4, -0.2) is 22.7 Å². The molecule has 5 nitrogen and oxygen atoms in total. The molecule has 0 radical (unpaired) electrons. The van der Waals surface area contributed by atoms with Crippen molar-refractivity contribution < 1.29 is 14.6 Å². The van der Waals surface area contributed by atoms with Gasteiger partial charge in [0.05, 0.1) is 12.8 Å². The van der Waals surface area contributed by atoms with Crippen LogP contribution in [0, 0.1) is 0 Å². The van der Waals surface area contributed by atoms with Crippen molar-refractivity contribution in [3.63, 3.8) is 0 Å². The standard InChI is InChI=1S/C8H10N2O3/c1-2-13-8(12)6-3-5(11)4-10-7(6)9/h3-4,11H,2H2,1H3,(H2,9,10). The molecular weight excluding hydrogens is 172 g/mol. The van der Waals surface area contributed by atoms with Crippen LogP contribution < -0.4 is 5.73 Å². The molecule has 0 amide bonds. The zero-order chi connectivity index (χ0) is 9.84. The number of pyridine rings is 1. The fraction of sp³-hybridized carbons (Fsp3) is 0.250. The van der Waals surface area contributed by atoms with Crippen LogP contribution in [0.25, 0.3) is 0 Å². The van der Waals surface area contributed by atoms with Crippen LogP contribution in [-0.2, 0) is 4.74 Å². The van der Waals surface area contributed by atoms with Gasteiger partial charge in [-0.2, -0.15) is 0 Å². The van der Waals surface area contributed by atoms with Gasteiger partial charge < -0.3 is 15.6 Å². The molecule has 0 fully saturated rings. The van der Waals surface area contributed by atoms with Gasteiger partial charge in [0.2, 0.25) is 0 Å². The highest BCUT2D eigenvalue weighted by Gasteiger charge is 2.12. The number of nitrogens with zero attached hydrogens (tertiary/aromatic N) is 1. The van der Waals surface area contributed by atoms with Crippen LogP contribution >= 0.6 is 0 Å². The number of nitrogens with two attached hydrogens (primary N) is 1. The van der Waals surface area contributed by atoms with Gasteiger partial charge in [0.25, 0.3) is 0 Å². The normalized spacial score (nSPS) is 9.62. The van der Waals surface area contributed by atoms with Gasteiger partial charge in [-0.25, -0.2) is 9.78 Å². The average Bonchev–Trinajstić information content (AvgIpc) is 2.09. The summed E-state index contributed by atoms with van der Waals surface area (Å²) in [6, 6.07) is 1.22. The van der Waals surface area contributed by atoms with Crippen molar-refractivity contribution >= 4 is 11.8 Å². The number of carbonyl (C=O) groups excluding carboxylic acids is 1. The van der Waals surface area contributed by atoms with E-state index >= 15 is 0 Å². The van der Waals surface area contributed by atoms with Gasteiger partial charge in [-0.3, -0.25) is 0 Å². The summed E-state index contributed by atoms with van der Waals surface area (Å²) in [6.07, 6.45) is 1.16. The highest BCUT2D eigenvalue weighted by atomic mass is 16.5. The van der Waals surface area contributed by atoms with Gasteiger partial charge in [0, 0.05) is 0 Å². The van der Waals surface area contributed by atoms with E-state index in [1.54, 1.807) is 6.92 Å². The van der Waals surface area contributed by atoms with E-state index < -0.39 is 5.97 Å². The average molecular weight is 182 g/mol. The van der Waals surface area contributed by atoms with Crippen LogP contribution in [0.5, 0.6) is 5.75 Å². The van der Waals surface area contributed by atoms with Crippen molar-refractivity contribution in [2.24, 2.45) is 0 Å². The van der Waals surface area contributed by atoms with E-state index in [1.807, 2.05) is 0 Å². The fourth-order valence-corrected chi connectivity index (χ4v) is 0.837. The quantitative estimate of drug-likeness (QED) is 0.652. The molecule has 13 heavy (non-hydrogen) atoms. The Kier molecular flexibility index (Phi) is 2.69. The largest absolute Gasteiger partial charge is 0.506 e. The Morgan fingerprint density at radius 2 is 2.46 bits per heavy atom. The van der Waals surface area contributed by atoms with E-state index in [-0.39, 0.29) is 23.7 Å². The lowest BCUT2D eigenvalue weighted by Gasteiger charge is -2.03. The SMILES string of the molecule is CCOC(=O)c1cc(O)cnc1N. The number of aromatic hydroxyl groups is 1. The minimum Gasteiger partial charge on any atom is -0.506 e. The number of esters is 1. The summed E-state index contributed by atoms with van der Waals surface area (Å²) in [4.78, 5) is 14.8. The lowest BCUT2D eigenvalue weighted by Crippen LogP contribution is -2.08. The Morgan fingerprint density at radius 3 is 3.08 bits per heavy atom. The molecule has 0 saturated carbocycles. The second-order valence-electron chi connectivity index (χ2n) is 2.35. The number of hydrogen-bond acceptors (Lipinski definition) is 5. The van der Waals surface area contributed by atoms with Crippen molar-refractivity contribution in [3.05, 3.63) is 17.8 Å². The molecule has 0 unspecified atom stereocenters. The van der Waals surface area contributed by atoms with Gasteiger partial charge in [-0.05, 0) is 13.0 Å². The summed E-state index contributed by atoms with van der Waals surface area (Å²) in [7, 11) is 0. The van der Waals surface area contributed by atoms with E-state index in [1.165, 1.54) is 6.07 Å². The summed E-state index contributed by atoms with van der Waals surface area (Å²) in [5.41, 5.74) is 5.48. The van der Waals surface area contributed by atoms with Crippen molar-refractivity contribution in [2.75, 3.05) is 12.3 Å². The van der Waals surface area contributed by atoms with Crippen LogP contribution in [0.3, 0.4) is 0 Å². The summed E-state index contributed by atoms with van der Waals surface area (Å²) >= 11 is 0. The highest BCUT2D eigenvalue weighted by molar-refractivity contribution is 5.94. The molecule has 0 aromatic carbocycles. The van der Waals surface area contributed by atoms with Gasteiger partial charge >= 0.3 is 5.97 Å². The van der Waals surface area contributed by atoms with Crippen LogP contribution in [0.2, 0.25) is 0 Å². The van der Waals surface area contributed by atoms with E-state index in [9.17, 15) is 4.79 Å². The molecule has 70 valence electrons. The number of aromatic nitrogens is 1. The van der Waals surface area contributed by atoms with Gasteiger partial charge in [0.15, 0.2) is 0 Å². The monoisotopic (exact) mass is 182 g/mol. The summed E-state index contributed by atoms with van der Waals surface area (Å²) in [5.74, 6) is -0.642. The minimum absolute atomic E-state index is 0.0521. The Hall–Kier alpha value is -1.78. The Labute approximate surface area is 75.2 Å². The first-order valence-electron chi connectivity index (χ1n) is 3.76. The molecule has 0 saturated heterocycles. The molecular formula is C8H10N2O3. The third kappa shape index (κ3) is 2.08. The fourth-order valence-electron chi connectivity index (χ4n) is 0.837. The lowest BCUT2D eigenvalue weighted by atomic mass is 10.2. The minimum atomic E-state index is -0.580. The molecule has 0 bridgehead atoms. The molecule has 5 heteroatoms. The molecule has 3 N–H and O–H groups in total. The second kappa shape index (κ2) is 3.75. The summed E-state index contributed by atoms with van der Waals surface area (Å²) < 4.78 is 4.69. The first-order chi connectivity index (χ1) is 6.15. The number of hydrogen-bond donors (Lipinski definition) is 2. The molecule has 1 heterocycles. The van der Waals surface area contributed by atoms with Crippen molar-refractivity contribution in [1.82, 2.24) is 4.98 Å². The van der Waals surface area contributed by atoms with Crippen LogP contribution in [0.15, 0.2) is 12.3 Å². The predicted octanol–water partition coefficient (Wildman–Crippen LogP) is 0.546. The Morgan fingerprint density at radius 1 is 1.77 bits per heavy atom. The van der Waals surface area contributed by atoms with E-state index in [0.717, 1.165) is 6.20 Å². The maximum atomic E-state index is 11.2. The number of ether oxygens (including phenoxy) is 1. The highest BCUT2D eigenvalue weighted by Crippen LogP contribution is 2.15. The number of nitrogen functional groups attached to an aromatic ring is 1. The number of anilines is 1. The topological polar surface area (TPSA) is 85.4 Å². The molecule has 0 spiro atoms. The molecule has 1 rings (SSSR count). The smallest absolute Gasteiger partial charge is 0.342 e. The summed E-state index contributed by atoms with van der Waals surface area (Å²) in [5, 5.41) is 9.03. The molecule has 1 aromatic rings. The van der Waals surface area contributed by atoms with Crippen LogP contribution in [0.1, 0.15) is 17.3 Å². The van der Waals surface area contributed by atoms with Crippen molar-refractivity contribution in [3.8, 4) is 5.75 Å².